The largest absolute Gasteiger partial charge is 0.502 e. The van der Waals surface area contributed by atoms with E-state index in [-0.39, 0.29) is 14.7 Å². The number of carbonyl (C=O) groups excluding carboxylic acids is 1. The Morgan fingerprint density at radius 3 is 2.26 bits per heavy atom. The number of thiophene rings is 1. The Morgan fingerprint density at radius 2 is 1.70 bits per heavy atom. The van der Waals surface area contributed by atoms with Crippen molar-refractivity contribution in [3.05, 3.63) is 57.4 Å². The van der Waals surface area contributed by atoms with E-state index in [1.165, 1.54) is 29.6 Å². The number of ketones is 1. The molecule has 2 aromatic rings. The summed E-state index contributed by atoms with van der Waals surface area (Å²) < 4.78 is 24.8. The van der Waals surface area contributed by atoms with Gasteiger partial charge in [0.1, 0.15) is 0 Å². The lowest BCUT2D eigenvalue weighted by Crippen LogP contribution is -2.03. The Morgan fingerprint density at radius 1 is 1.09 bits per heavy atom. The van der Waals surface area contributed by atoms with E-state index in [1.54, 1.807) is 0 Å². The molecule has 9 heteroatoms. The van der Waals surface area contributed by atoms with Crippen LogP contribution >= 0.6 is 22.9 Å². The molecule has 120 valence electrons. The Hall–Kier alpha value is -2.16. The molecule has 0 radical (unpaired) electrons. The fourth-order valence-corrected chi connectivity index (χ4v) is 4.17. The van der Waals surface area contributed by atoms with Gasteiger partial charge < -0.3 is 10.2 Å². The number of aliphatic hydroxyl groups excluding tert-OH is 1. The number of sulfone groups is 1. The molecule has 0 saturated heterocycles. The number of hydrogen-bond donors (Lipinski definition) is 2. The highest BCUT2D eigenvalue weighted by atomic mass is 35.5. The first-order valence-electron chi connectivity index (χ1n) is 5.99. The van der Waals surface area contributed by atoms with Gasteiger partial charge in [-0.2, -0.15) is 0 Å². The van der Waals surface area contributed by atoms with Crippen LogP contribution < -0.4 is 0 Å². The number of carbonyl (C=O) groups is 2. The molecule has 0 aliphatic heterocycles. The number of carboxylic acid groups (broad SMARTS) is 1. The Bertz CT molecular complexity index is 894. The maximum absolute atomic E-state index is 12.4. The van der Waals surface area contributed by atoms with Gasteiger partial charge >= 0.3 is 5.97 Å². The van der Waals surface area contributed by atoms with E-state index in [4.69, 9.17) is 21.8 Å². The lowest BCUT2D eigenvalue weighted by atomic mass is 10.3. The van der Waals surface area contributed by atoms with E-state index in [2.05, 4.69) is 0 Å². The maximum Gasteiger partial charge on any atom is 0.371 e. The predicted molar refractivity (Wildman–Crippen MR) is 83.9 cm³/mol. The smallest absolute Gasteiger partial charge is 0.371 e. The van der Waals surface area contributed by atoms with Crippen LogP contribution in [0.3, 0.4) is 0 Å². The molecule has 1 aromatic heterocycles. The van der Waals surface area contributed by atoms with Gasteiger partial charge in [0.05, 0.1) is 14.7 Å². The van der Waals surface area contributed by atoms with E-state index in [0.717, 1.165) is 17.4 Å². The van der Waals surface area contributed by atoms with Crippen LogP contribution in [0.1, 0.15) is 9.67 Å². The second-order valence-corrected chi connectivity index (χ2v) is 7.60. The molecule has 2 rings (SSSR count). The third-order valence-electron chi connectivity index (χ3n) is 2.74. The zero-order valence-corrected chi connectivity index (χ0v) is 13.7. The van der Waals surface area contributed by atoms with Crippen molar-refractivity contribution >= 4 is 44.5 Å². The molecule has 23 heavy (non-hydrogen) atoms. The van der Waals surface area contributed by atoms with Crippen LogP contribution in [0.4, 0.5) is 0 Å². The second kappa shape index (κ2) is 6.53. The van der Waals surface area contributed by atoms with E-state index in [0.29, 0.717) is 11.1 Å². The number of carboxylic acids is 1. The molecule has 0 bridgehead atoms. The Balaban J connectivity index is 2.35. The number of aliphatic carboxylic acids is 1. The number of halogens is 1. The summed E-state index contributed by atoms with van der Waals surface area (Å²) in [7, 11) is -3.81. The number of aliphatic hydroxyl groups is 1. The van der Waals surface area contributed by atoms with Crippen molar-refractivity contribution in [1.29, 1.82) is 0 Å². The van der Waals surface area contributed by atoms with Crippen LogP contribution in [0.5, 0.6) is 0 Å². The standard InChI is InChI=1S/C14H9ClO6S2/c15-8-1-3-9(4-2-8)23(20,21)10-5-13(22-7-10)11(16)6-12(17)14(18)19/h1-7,17H,(H,18,19). The summed E-state index contributed by atoms with van der Waals surface area (Å²) in [6.07, 6.45) is 0.521. The van der Waals surface area contributed by atoms with Crippen molar-refractivity contribution in [3.63, 3.8) is 0 Å². The fourth-order valence-electron chi connectivity index (χ4n) is 1.60. The van der Waals surface area contributed by atoms with Crippen molar-refractivity contribution in [2.24, 2.45) is 0 Å². The van der Waals surface area contributed by atoms with Crippen LogP contribution in [0, 0.1) is 0 Å². The van der Waals surface area contributed by atoms with E-state index in [9.17, 15) is 18.0 Å². The monoisotopic (exact) mass is 372 g/mol. The highest BCUT2D eigenvalue weighted by Gasteiger charge is 2.21. The number of rotatable bonds is 5. The molecule has 2 N–H and O–H groups in total. The van der Waals surface area contributed by atoms with Crippen LogP contribution in [0.15, 0.2) is 57.3 Å². The van der Waals surface area contributed by atoms with Gasteiger partial charge in [-0.05, 0) is 30.3 Å². The van der Waals surface area contributed by atoms with Crippen molar-refractivity contribution < 1.29 is 28.2 Å². The second-order valence-electron chi connectivity index (χ2n) is 4.30. The predicted octanol–water partition coefficient (Wildman–Crippen LogP) is 2.94. The summed E-state index contributed by atoms with van der Waals surface area (Å²) in [5, 5.41) is 19.2. The van der Waals surface area contributed by atoms with Gasteiger partial charge in [-0.3, -0.25) is 4.79 Å². The first-order chi connectivity index (χ1) is 10.7. The van der Waals surface area contributed by atoms with Gasteiger partial charge in [-0.15, -0.1) is 11.3 Å². The Labute approximate surface area is 140 Å². The van der Waals surface area contributed by atoms with Crippen LogP contribution in [-0.4, -0.2) is 30.4 Å². The molecule has 0 unspecified atom stereocenters. The lowest BCUT2D eigenvalue weighted by Gasteiger charge is -2.01. The summed E-state index contributed by atoms with van der Waals surface area (Å²) >= 11 is 6.54. The topological polar surface area (TPSA) is 109 Å². The van der Waals surface area contributed by atoms with Crippen molar-refractivity contribution in [2.45, 2.75) is 9.79 Å². The first kappa shape index (κ1) is 17.2. The molecule has 0 aliphatic rings. The molecular weight excluding hydrogens is 364 g/mol. The molecule has 0 amide bonds. The van der Waals surface area contributed by atoms with Crippen molar-refractivity contribution in [3.8, 4) is 0 Å². The minimum Gasteiger partial charge on any atom is -0.502 e. The normalized spacial score (nSPS) is 12.1. The fraction of sp³-hybridized carbons (Fsp3) is 0. The molecule has 6 nitrogen and oxygen atoms in total. The Kier molecular flexibility index (Phi) is 4.88. The van der Waals surface area contributed by atoms with Crippen molar-refractivity contribution in [1.82, 2.24) is 0 Å². The number of benzene rings is 1. The van der Waals surface area contributed by atoms with E-state index < -0.39 is 27.3 Å². The third-order valence-corrected chi connectivity index (χ3v) is 5.83. The third kappa shape index (κ3) is 3.79. The van der Waals surface area contributed by atoms with Gasteiger partial charge in [0.2, 0.25) is 15.6 Å². The van der Waals surface area contributed by atoms with Gasteiger partial charge in [-0.1, -0.05) is 11.6 Å². The minimum absolute atomic E-state index is 0.00895. The summed E-state index contributed by atoms with van der Waals surface area (Å²) in [5.74, 6) is -3.57. The molecule has 1 aromatic carbocycles. The van der Waals surface area contributed by atoms with Gasteiger partial charge in [0, 0.05) is 16.5 Å². The van der Waals surface area contributed by atoms with E-state index >= 15 is 0 Å². The lowest BCUT2D eigenvalue weighted by molar-refractivity contribution is -0.135. The summed E-state index contributed by atoms with van der Waals surface area (Å²) in [6, 6.07) is 6.67. The summed E-state index contributed by atoms with van der Waals surface area (Å²) in [6.45, 7) is 0. The number of allylic oxidation sites excluding steroid dienone is 1. The molecule has 0 atom stereocenters. The van der Waals surface area contributed by atoms with E-state index in [1.807, 2.05) is 0 Å². The molecular formula is C14H9ClO6S2. The van der Waals surface area contributed by atoms with Crippen molar-refractivity contribution in [2.75, 3.05) is 0 Å². The van der Waals surface area contributed by atoms with Crippen LogP contribution in [0.2, 0.25) is 5.02 Å². The van der Waals surface area contributed by atoms with Crippen LogP contribution in [-0.2, 0) is 14.6 Å². The highest BCUT2D eigenvalue weighted by molar-refractivity contribution is 7.91. The van der Waals surface area contributed by atoms with Gasteiger partial charge in [-0.25, -0.2) is 13.2 Å². The molecule has 0 aliphatic carbocycles. The average Bonchev–Trinajstić information content (AvgIpc) is 2.98. The average molecular weight is 373 g/mol. The quantitative estimate of drug-likeness (QED) is 0.474. The highest BCUT2D eigenvalue weighted by Crippen LogP contribution is 2.27. The molecule has 0 spiro atoms. The maximum atomic E-state index is 12.4. The van der Waals surface area contributed by atoms with Gasteiger partial charge in [0.25, 0.3) is 0 Å². The first-order valence-corrected chi connectivity index (χ1v) is 8.73. The molecule has 0 fully saturated rings. The molecule has 1 heterocycles. The zero-order chi connectivity index (χ0) is 17.2. The summed E-state index contributed by atoms with van der Waals surface area (Å²) in [5.41, 5.74) is 0. The summed E-state index contributed by atoms with van der Waals surface area (Å²) in [4.78, 5) is 22.2. The minimum atomic E-state index is -3.81. The van der Waals surface area contributed by atoms with Gasteiger partial charge in [0.15, 0.2) is 5.78 Å². The van der Waals surface area contributed by atoms with Crippen LogP contribution in [0.25, 0.3) is 0 Å². The molecule has 0 saturated carbocycles. The number of hydrogen-bond acceptors (Lipinski definition) is 6. The zero-order valence-electron chi connectivity index (χ0n) is 11.3. The SMILES string of the molecule is O=C(O)C(O)=CC(=O)c1cc(S(=O)(=O)c2ccc(Cl)cc2)cs1.